The third kappa shape index (κ3) is 5.64. The second kappa shape index (κ2) is 7.84. The van der Waals surface area contributed by atoms with Crippen molar-refractivity contribution >= 4 is 27.8 Å². The lowest BCUT2D eigenvalue weighted by molar-refractivity contribution is -0.119. The summed E-state index contributed by atoms with van der Waals surface area (Å²) in [5.41, 5.74) is 2.75. The van der Waals surface area contributed by atoms with Crippen LogP contribution in [0.2, 0.25) is 0 Å². The number of nitrogens with zero attached hydrogens (tertiary/aromatic N) is 2. The molecule has 0 radical (unpaired) electrons. The van der Waals surface area contributed by atoms with Gasteiger partial charge in [-0.3, -0.25) is 9.10 Å². The van der Waals surface area contributed by atoms with Gasteiger partial charge in [0.25, 0.3) is 5.91 Å². The van der Waals surface area contributed by atoms with Crippen molar-refractivity contribution in [1.29, 1.82) is 0 Å². The molecule has 6 nitrogen and oxygen atoms in total. The number of anilines is 1. The minimum atomic E-state index is -3.80. The Balaban J connectivity index is 2.06. The molecule has 0 spiro atoms. The van der Waals surface area contributed by atoms with Gasteiger partial charge in [-0.1, -0.05) is 18.2 Å². The summed E-state index contributed by atoms with van der Waals surface area (Å²) in [6, 6.07) is 10.3. The van der Waals surface area contributed by atoms with Gasteiger partial charge in [0.2, 0.25) is 10.0 Å². The van der Waals surface area contributed by atoms with Gasteiger partial charge in [0.15, 0.2) is 0 Å². The average molecular weight is 367 g/mol. The number of hydrogen-bond acceptors (Lipinski definition) is 4. The lowest BCUT2D eigenvalue weighted by Gasteiger charge is -2.21. The van der Waals surface area contributed by atoms with Gasteiger partial charge >= 0.3 is 0 Å². The quantitative estimate of drug-likeness (QED) is 0.625. The van der Waals surface area contributed by atoms with E-state index in [0.29, 0.717) is 5.56 Å². The van der Waals surface area contributed by atoms with Crippen molar-refractivity contribution in [2.24, 2.45) is 5.10 Å². The van der Waals surface area contributed by atoms with Crippen molar-refractivity contribution in [2.75, 3.05) is 17.1 Å². The molecular weight excluding hydrogens is 352 g/mol. The first-order valence-electron chi connectivity index (χ1n) is 7.06. The minimum absolute atomic E-state index is 0.0279. The summed E-state index contributed by atoms with van der Waals surface area (Å²) in [7, 11) is -3.80. The normalized spacial score (nSPS) is 11.5. The minimum Gasteiger partial charge on any atom is -0.271 e. The monoisotopic (exact) mass is 367 g/mol. The van der Waals surface area contributed by atoms with Gasteiger partial charge in [-0.25, -0.2) is 22.6 Å². The molecule has 0 atom stereocenters. The number of rotatable bonds is 6. The van der Waals surface area contributed by atoms with E-state index in [1.807, 2.05) is 0 Å². The number of benzene rings is 2. The molecule has 0 fully saturated rings. The molecule has 0 saturated heterocycles. The van der Waals surface area contributed by atoms with E-state index in [1.165, 1.54) is 42.6 Å². The Bertz CT molecular complexity index is 884. The van der Waals surface area contributed by atoms with Crippen molar-refractivity contribution in [1.82, 2.24) is 5.43 Å². The summed E-state index contributed by atoms with van der Waals surface area (Å²) in [5, 5.41) is 3.67. The van der Waals surface area contributed by atoms with Crippen molar-refractivity contribution < 1.29 is 22.0 Å². The number of hydrazone groups is 1. The van der Waals surface area contributed by atoms with E-state index in [0.717, 1.165) is 22.7 Å². The summed E-state index contributed by atoms with van der Waals surface area (Å²) in [6.45, 7) is -0.566. The molecule has 2 aromatic carbocycles. The van der Waals surface area contributed by atoms with E-state index in [9.17, 15) is 22.0 Å². The van der Waals surface area contributed by atoms with Crippen molar-refractivity contribution in [3.05, 3.63) is 65.7 Å². The molecule has 0 bridgehead atoms. The topological polar surface area (TPSA) is 78.8 Å². The van der Waals surface area contributed by atoms with E-state index >= 15 is 0 Å². The van der Waals surface area contributed by atoms with Gasteiger partial charge in [-0.2, -0.15) is 5.10 Å². The third-order valence-electron chi connectivity index (χ3n) is 3.06. The molecule has 1 amide bonds. The molecule has 0 unspecified atom stereocenters. The first-order valence-corrected chi connectivity index (χ1v) is 8.91. The van der Waals surface area contributed by atoms with Gasteiger partial charge < -0.3 is 0 Å². The maximum atomic E-state index is 13.3. The molecule has 0 aromatic heterocycles. The molecule has 0 aliphatic rings. The Morgan fingerprint density at radius 2 is 1.84 bits per heavy atom. The van der Waals surface area contributed by atoms with Crippen LogP contribution < -0.4 is 9.73 Å². The van der Waals surface area contributed by atoms with Crippen molar-refractivity contribution in [2.45, 2.75) is 0 Å². The lowest BCUT2D eigenvalue weighted by Crippen LogP contribution is -2.39. The molecule has 9 heteroatoms. The van der Waals surface area contributed by atoms with Crippen LogP contribution in [0.15, 0.2) is 53.6 Å². The first-order chi connectivity index (χ1) is 11.8. The van der Waals surface area contributed by atoms with E-state index in [2.05, 4.69) is 10.5 Å². The van der Waals surface area contributed by atoms with E-state index in [-0.39, 0.29) is 5.69 Å². The standard InChI is InChI=1S/C16H15F2N3O3S/c1-25(23,24)21(15-4-2-3-14(18)9-15)11-16(22)20-19-10-12-5-7-13(17)8-6-12/h2-10H,11H2,1H3,(H,20,22)/b19-10-. The summed E-state index contributed by atoms with van der Waals surface area (Å²) >= 11 is 0. The van der Waals surface area contributed by atoms with Crippen LogP contribution in [0.1, 0.15) is 5.56 Å². The number of nitrogens with one attached hydrogen (secondary N) is 1. The Hall–Kier alpha value is -2.81. The Labute approximate surface area is 143 Å². The first kappa shape index (κ1) is 18.5. The molecule has 0 heterocycles. The number of carbonyl (C=O) groups excluding carboxylic acids is 1. The molecule has 0 aliphatic carbocycles. The number of halogens is 2. The number of sulfonamides is 1. The van der Waals surface area contributed by atoms with Crippen molar-refractivity contribution in [3.8, 4) is 0 Å². The van der Waals surface area contributed by atoms with E-state index in [4.69, 9.17) is 0 Å². The highest BCUT2D eigenvalue weighted by Gasteiger charge is 2.21. The fourth-order valence-electron chi connectivity index (χ4n) is 1.92. The maximum Gasteiger partial charge on any atom is 0.260 e. The van der Waals surface area contributed by atoms with Crippen LogP contribution in [-0.4, -0.2) is 33.3 Å². The van der Waals surface area contributed by atoms with Crippen LogP contribution >= 0.6 is 0 Å². The van der Waals surface area contributed by atoms with Gasteiger partial charge in [0, 0.05) is 0 Å². The zero-order valence-electron chi connectivity index (χ0n) is 13.2. The SMILES string of the molecule is CS(=O)(=O)N(CC(=O)N/N=C\c1ccc(F)cc1)c1cccc(F)c1. The molecule has 0 aliphatic heterocycles. The lowest BCUT2D eigenvalue weighted by atomic mass is 10.2. The molecule has 2 aromatic rings. The largest absolute Gasteiger partial charge is 0.271 e. The van der Waals surface area contributed by atoms with Crippen LogP contribution in [0, 0.1) is 11.6 Å². The van der Waals surface area contributed by atoms with Crippen molar-refractivity contribution in [3.63, 3.8) is 0 Å². The number of amides is 1. The second-order valence-electron chi connectivity index (χ2n) is 5.09. The second-order valence-corrected chi connectivity index (χ2v) is 7.00. The predicted molar refractivity (Wildman–Crippen MR) is 90.7 cm³/mol. The molecular formula is C16H15F2N3O3S. The summed E-state index contributed by atoms with van der Waals surface area (Å²) < 4.78 is 50.6. The van der Waals surface area contributed by atoms with E-state index in [1.54, 1.807) is 0 Å². The predicted octanol–water partition coefficient (Wildman–Crippen LogP) is 1.88. The Morgan fingerprint density at radius 1 is 1.16 bits per heavy atom. The highest BCUT2D eigenvalue weighted by Crippen LogP contribution is 2.18. The number of carbonyl (C=O) groups is 1. The zero-order chi connectivity index (χ0) is 18.4. The molecule has 1 N–H and O–H groups in total. The smallest absolute Gasteiger partial charge is 0.260 e. The Kier molecular flexibility index (Phi) is 5.81. The average Bonchev–Trinajstić information content (AvgIpc) is 2.53. The van der Waals surface area contributed by atoms with Crippen LogP contribution in [0.5, 0.6) is 0 Å². The molecule has 2 rings (SSSR count). The van der Waals surface area contributed by atoms with Crippen LogP contribution in [0.25, 0.3) is 0 Å². The third-order valence-corrected chi connectivity index (χ3v) is 4.20. The molecule has 132 valence electrons. The number of hydrogen-bond donors (Lipinski definition) is 1. The highest BCUT2D eigenvalue weighted by atomic mass is 32.2. The van der Waals surface area contributed by atoms with Gasteiger partial charge in [0.05, 0.1) is 18.2 Å². The van der Waals surface area contributed by atoms with Gasteiger partial charge in [-0.15, -0.1) is 0 Å². The van der Waals surface area contributed by atoms with Crippen LogP contribution in [0.4, 0.5) is 14.5 Å². The summed E-state index contributed by atoms with van der Waals surface area (Å²) in [5.74, 6) is -1.74. The maximum absolute atomic E-state index is 13.3. The molecule has 0 saturated carbocycles. The highest BCUT2D eigenvalue weighted by molar-refractivity contribution is 7.92. The van der Waals surface area contributed by atoms with E-state index < -0.39 is 34.1 Å². The fraction of sp³-hybridized carbons (Fsp3) is 0.125. The van der Waals surface area contributed by atoms with Crippen LogP contribution in [0.3, 0.4) is 0 Å². The van der Waals surface area contributed by atoms with Gasteiger partial charge in [-0.05, 0) is 35.9 Å². The fourth-order valence-corrected chi connectivity index (χ4v) is 2.77. The zero-order valence-corrected chi connectivity index (χ0v) is 14.0. The summed E-state index contributed by atoms with van der Waals surface area (Å²) in [6.07, 6.45) is 2.19. The Morgan fingerprint density at radius 3 is 2.44 bits per heavy atom. The van der Waals surface area contributed by atoms with Gasteiger partial charge in [0.1, 0.15) is 18.2 Å². The molecule has 25 heavy (non-hydrogen) atoms. The summed E-state index contributed by atoms with van der Waals surface area (Å²) in [4.78, 5) is 11.9. The van der Waals surface area contributed by atoms with Crippen LogP contribution in [-0.2, 0) is 14.8 Å².